The van der Waals surface area contributed by atoms with Gasteiger partial charge in [0.25, 0.3) is 13.4 Å². The van der Waals surface area contributed by atoms with E-state index >= 15 is 0 Å². The number of anilines is 6. The summed E-state index contributed by atoms with van der Waals surface area (Å²) < 4.78 is 9.52. The zero-order chi connectivity index (χ0) is 41.9. The van der Waals surface area contributed by atoms with Crippen LogP contribution in [-0.2, 0) is 0 Å². The fourth-order valence-electron chi connectivity index (χ4n) is 11.4. The van der Waals surface area contributed by atoms with Crippen LogP contribution < -0.4 is 47.3 Å². The van der Waals surface area contributed by atoms with Crippen molar-refractivity contribution < 1.29 is 4.74 Å². The quantitative estimate of drug-likeness (QED) is 0.165. The van der Waals surface area contributed by atoms with Gasteiger partial charge in [-0.3, -0.25) is 0 Å². The van der Waals surface area contributed by atoms with E-state index in [1.807, 2.05) is 0 Å². The summed E-state index contributed by atoms with van der Waals surface area (Å²) in [6.45, 7) is 6.69. The molecule has 0 saturated heterocycles. The molecule has 296 valence electrons. The van der Waals surface area contributed by atoms with Gasteiger partial charge in [-0.15, -0.1) is 0 Å². The lowest BCUT2D eigenvalue weighted by atomic mass is 9.30. The van der Waals surface area contributed by atoms with Gasteiger partial charge in [-0.1, -0.05) is 150 Å². The summed E-state index contributed by atoms with van der Waals surface area (Å²) in [5.74, 6) is 1.81. The summed E-state index contributed by atoms with van der Waals surface area (Å²) in [6.07, 6.45) is 0. The lowest BCUT2D eigenvalue weighted by Crippen LogP contribution is -2.63. The summed E-state index contributed by atoms with van der Waals surface area (Å²) >= 11 is 0. The van der Waals surface area contributed by atoms with Gasteiger partial charge in [0, 0.05) is 51.0 Å². The number of aromatic nitrogens is 1. The molecule has 0 amide bonds. The maximum Gasteiger partial charge on any atom is 0.252 e. The normalized spacial score (nSPS) is 13.3. The van der Waals surface area contributed by atoms with Gasteiger partial charge in [-0.2, -0.15) is 0 Å². The van der Waals surface area contributed by atoms with Gasteiger partial charge in [0.2, 0.25) is 0 Å². The first-order chi connectivity index (χ1) is 31.0. The van der Waals surface area contributed by atoms with Gasteiger partial charge >= 0.3 is 0 Å². The van der Waals surface area contributed by atoms with Gasteiger partial charge in [-0.25, -0.2) is 0 Å². The van der Waals surface area contributed by atoms with E-state index in [2.05, 4.69) is 229 Å². The molecule has 0 saturated carbocycles. The van der Waals surface area contributed by atoms with Crippen LogP contribution in [0.5, 0.6) is 11.5 Å². The van der Waals surface area contributed by atoms with Crippen molar-refractivity contribution in [1.29, 1.82) is 0 Å². The Morgan fingerprint density at radius 3 is 1.54 bits per heavy atom. The largest absolute Gasteiger partial charge is 0.458 e. The second kappa shape index (κ2) is 13.7. The number of nitrogens with zero attached hydrogens (tertiary/aromatic N) is 3. The molecular weight excluding hydrogens is 764 g/mol. The molecule has 6 heteroatoms. The van der Waals surface area contributed by atoms with Crippen molar-refractivity contribution in [2.24, 2.45) is 0 Å². The van der Waals surface area contributed by atoms with Gasteiger partial charge in [0.05, 0.1) is 16.7 Å². The Morgan fingerprint density at radius 2 is 0.889 bits per heavy atom. The molecule has 0 N–H and O–H groups in total. The fraction of sp³-hybridized carbons (Fsp3) is 0.0526. The number of para-hydroxylation sites is 6. The minimum absolute atomic E-state index is 0.000719. The Morgan fingerprint density at radius 1 is 0.365 bits per heavy atom. The van der Waals surface area contributed by atoms with Crippen molar-refractivity contribution in [2.75, 3.05) is 9.80 Å². The molecule has 4 heterocycles. The molecule has 10 aromatic rings. The minimum atomic E-state index is -0.0587. The van der Waals surface area contributed by atoms with E-state index in [0.717, 1.165) is 39.9 Å². The summed E-state index contributed by atoms with van der Waals surface area (Å²) in [4.78, 5) is 5.00. The predicted molar refractivity (Wildman–Crippen MR) is 267 cm³/mol. The minimum Gasteiger partial charge on any atom is -0.458 e. The second-order valence-corrected chi connectivity index (χ2v) is 17.4. The van der Waals surface area contributed by atoms with Crippen molar-refractivity contribution in [3.63, 3.8) is 0 Å². The Labute approximate surface area is 368 Å². The molecule has 63 heavy (non-hydrogen) atoms. The molecule has 0 atom stereocenters. The van der Waals surface area contributed by atoms with Gasteiger partial charge < -0.3 is 19.1 Å². The van der Waals surface area contributed by atoms with Crippen molar-refractivity contribution >= 4 is 102 Å². The monoisotopic (exact) mass is 805 g/mol. The number of ether oxygens (including phenoxy) is 1. The molecule has 1 aromatic heterocycles. The molecule has 3 aliphatic rings. The van der Waals surface area contributed by atoms with Crippen LogP contribution in [-0.4, -0.2) is 18.0 Å². The van der Waals surface area contributed by atoms with Crippen molar-refractivity contribution in [2.45, 2.75) is 20.8 Å². The van der Waals surface area contributed by atoms with Crippen molar-refractivity contribution in [3.05, 3.63) is 211 Å². The maximum atomic E-state index is 7.06. The lowest BCUT2D eigenvalue weighted by Gasteiger charge is -2.45. The first kappa shape index (κ1) is 36.0. The zero-order valence-corrected chi connectivity index (χ0v) is 35.4. The van der Waals surface area contributed by atoms with Crippen LogP contribution in [0.2, 0.25) is 0 Å². The predicted octanol–water partition coefficient (Wildman–Crippen LogP) is 10.4. The standard InChI is InChI=1S/C57H41B2N3O/c1-36-30-37(2)56(38(3)31-36)59-45-25-13-17-29-54(45)63-55-35-51-46(34-47(55)59)58-44-24-12-16-28-50(44)60(39-18-6-4-7-19-39)52-32-41(33-53(57(52)58)61(51)40-20-8-5-9-21-40)62-48-26-14-10-22-42(48)43-23-11-15-27-49(43)62/h4-35H,1-3H3. The molecule has 13 rings (SSSR count). The third-order valence-corrected chi connectivity index (χ3v) is 13.7. The zero-order valence-electron chi connectivity index (χ0n) is 35.4. The van der Waals surface area contributed by atoms with Crippen molar-refractivity contribution in [1.82, 2.24) is 4.57 Å². The second-order valence-electron chi connectivity index (χ2n) is 17.4. The van der Waals surface area contributed by atoms with E-state index in [4.69, 9.17) is 4.74 Å². The third-order valence-electron chi connectivity index (χ3n) is 13.7. The smallest absolute Gasteiger partial charge is 0.252 e. The highest BCUT2D eigenvalue weighted by atomic mass is 16.5. The van der Waals surface area contributed by atoms with Crippen LogP contribution in [0.4, 0.5) is 34.1 Å². The number of benzene rings is 9. The molecule has 9 aromatic carbocycles. The number of aryl methyl sites for hydroxylation is 3. The SMILES string of the molecule is Cc1cc(C)c(B2c3ccccc3Oc3cc4c(cc32)B2c3ccccc3N(c3ccccc3)c3cc(-n5c6ccccc6c6ccccc65)cc(c32)N4c2ccccc2)c(C)c1. The molecule has 0 unspecified atom stereocenters. The van der Waals surface area contributed by atoms with Crippen molar-refractivity contribution in [3.8, 4) is 17.2 Å². The summed E-state index contributed by atoms with van der Waals surface area (Å²) in [6, 6.07) is 71.5. The average Bonchev–Trinajstić information content (AvgIpc) is 3.65. The summed E-state index contributed by atoms with van der Waals surface area (Å²) in [5.41, 5.74) is 21.8. The number of hydrogen-bond donors (Lipinski definition) is 0. The van der Waals surface area contributed by atoms with Crippen LogP contribution in [0.25, 0.3) is 27.5 Å². The molecule has 3 aliphatic heterocycles. The van der Waals surface area contributed by atoms with E-state index in [-0.39, 0.29) is 13.4 Å². The summed E-state index contributed by atoms with van der Waals surface area (Å²) in [7, 11) is 0. The first-order valence-electron chi connectivity index (χ1n) is 22.0. The topological polar surface area (TPSA) is 20.6 Å². The Hall–Kier alpha value is -7.69. The number of fused-ring (bicyclic) bond motifs is 9. The van der Waals surface area contributed by atoms with Gasteiger partial charge in [0.15, 0.2) is 0 Å². The number of rotatable bonds is 4. The highest BCUT2D eigenvalue weighted by Crippen LogP contribution is 2.47. The fourth-order valence-corrected chi connectivity index (χ4v) is 11.4. The molecular formula is C57H41B2N3O. The average molecular weight is 806 g/mol. The molecule has 0 radical (unpaired) electrons. The summed E-state index contributed by atoms with van der Waals surface area (Å²) in [5, 5.41) is 2.48. The van der Waals surface area contributed by atoms with Gasteiger partial charge in [-0.05, 0) is 109 Å². The van der Waals surface area contributed by atoms with E-state index in [0.29, 0.717) is 0 Å². The lowest BCUT2D eigenvalue weighted by molar-refractivity contribution is 0.488. The van der Waals surface area contributed by atoms with E-state index in [1.54, 1.807) is 0 Å². The van der Waals surface area contributed by atoms with Crippen LogP contribution in [0, 0.1) is 20.8 Å². The maximum absolute atomic E-state index is 7.06. The highest BCUT2D eigenvalue weighted by Gasteiger charge is 2.46. The third kappa shape index (κ3) is 5.25. The van der Waals surface area contributed by atoms with E-state index in [1.165, 1.54) is 82.6 Å². The van der Waals surface area contributed by atoms with E-state index < -0.39 is 0 Å². The first-order valence-corrected chi connectivity index (χ1v) is 22.0. The van der Waals surface area contributed by atoms with Crippen LogP contribution in [0.1, 0.15) is 16.7 Å². The molecule has 0 spiro atoms. The molecule has 0 aliphatic carbocycles. The Balaban J connectivity index is 1.16. The van der Waals surface area contributed by atoms with Crippen LogP contribution >= 0.6 is 0 Å². The molecule has 0 bridgehead atoms. The number of hydrogen-bond acceptors (Lipinski definition) is 3. The molecule has 0 fully saturated rings. The Bertz CT molecular complexity index is 3430. The molecule has 4 nitrogen and oxygen atoms in total. The van der Waals surface area contributed by atoms with E-state index in [9.17, 15) is 0 Å². The van der Waals surface area contributed by atoms with Gasteiger partial charge in [0.1, 0.15) is 11.5 Å². The van der Waals surface area contributed by atoms with Crippen LogP contribution in [0.3, 0.4) is 0 Å². The van der Waals surface area contributed by atoms with Crippen LogP contribution in [0.15, 0.2) is 194 Å². The highest BCUT2D eigenvalue weighted by molar-refractivity contribution is 7.02. The Kier molecular flexibility index (Phi) is 7.81.